The molecule has 8 heteroatoms. The van der Waals surface area contributed by atoms with Crippen molar-refractivity contribution in [1.82, 2.24) is 9.38 Å². The lowest BCUT2D eigenvalue weighted by Gasteiger charge is -2.07. The maximum Gasteiger partial charge on any atom is 0.316 e. The fraction of sp³-hybridized carbons (Fsp3) is 0.167. The van der Waals surface area contributed by atoms with Crippen molar-refractivity contribution >= 4 is 46.6 Å². The molecule has 0 saturated carbocycles. The van der Waals surface area contributed by atoms with Crippen LogP contribution in [0, 0.1) is 6.92 Å². The van der Waals surface area contributed by atoms with E-state index in [1.807, 2.05) is 13.0 Å². The highest BCUT2D eigenvalue weighted by Gasteiger charge is 2.10. The molecule has 0 aliphatic carbocycles. The maximum absolute atomic E-state index is 12.1. The van der Waals surface area contributed by atoms with E-state index in [4.69, 9.17) is 27.9 Å². The summed E-state index contributed by atoms with van der Waals surface area (Å²) in [6, 6.07) is 10.0. The summed E-state index contributed by atoms with van der Waals surface area (Å²) in [6.07, 6.45) is 1.71. The van der Waals surface area contributed by atoms with Crippen LogP contribution in [-0.2, 0) is 16.1 Å². The third-order valence-corrected chi connectivity index (χ3v) is 5.19. The average Bonchev–Trinajstić information content (AvgIpc) is 2.61. The van der Waals surface area contributed by atoms with E-state index in [-0.39, 0.29) is 17.9 Å². The first kappa shape index (κ1) is 18.8. The van der Waals surface area contributed by atoms with Crippen molar-refractivity contribution in [3.05, 3.63) is 74.3 Å². The largest absolute Gasteiger partial charge is 0.459 e. The number of carbonyl (C=O) groups is 1. The van der Waals surface area contributed by atoms with Gasteiger partial charge >= 0.3 is 5.97 Å². The van der Waals surface area contributed by atoms with E-state index >= 15 is 0 Å². The Kier molecular flexibility index (Phi) is 5.86. The Labute approximate surface area is 163 Å². The van der Waals surface area contributed by atoms with Crippen LogP contribution in [0.25, 0.3) is 5.65 Å². The molecule has 2 aromatic heterocycles. The number of halogens is 2. The molecule has 0 radical (unpaired) electrons. The number of carbonyl (C=O) groups excluding carboxylic acids is 1. The lowest BCUT2D eigenvalue weighted by atomic mass is 10.3. The number of esters is 1. The molecule has 0 unspecified atom stereocenters. The molecule has 0 spiro atoms. The lowest BCUT2D eigenvalue weighted by Crippen LogP contribution is -2.17. The second-order valence-electron chi connectivity index (χ2n) is 5.54. The Morgan fingerprint density at radius 1 is 1.23 bits per heavy atom. The minimum absolute atomic E-state index is 0.0672. The van der Waals surface area contributed by atoms with Gasteiger partial charge in [-0.1, -0.05) is 29.3 Å². The lowest BCUT2D eigenvalue weighted by molar-refractivity contribution is -0.141. The molecule has 3 aromatic rings. The van der Waals surface area contributed by atoms with Gasteiger partial charge < -0.3 is 4.74 Å². The zero-order valence-electron chi connectivity index (χ0n) is 13.7. The van der Waals surface area contributed by atoms with Gasteiger partial charge in [0.1, 0.15) is 12.3 Å². The maximum atomic E-state index is 12.1. The number of pyridine rings is 1. The van der Waals surface area contributed by atoms with Crippen LogP contribution >= 0.6 is 35.0 Å². The highest BCUT2D eigenvalue weighted by atomic mass is 35.5. The molecule has 1 aromatic carbocycles. The van der Waals surface area contributed by atoms with Crippen molar-refractivity contribution in [2.24, 2.45) is 0 Å². The molecule has 0 fully saturated rings. The summed E-state index contributed by atoms with van der Waals surface area (Å²) < 4.78 is 6.66. The molecule has 5 nitrogen and oxygen atoms in total. The SMILES string of the molecule is Cc1ccc2nc(COC(=O)CSc3cc(Cl)ccc3Cl)cc(=O)n2c1. The molecule has 0 amide bonds. The Morgan fingerprint density at radius 2 is 2.04 bits per heavy atom. The highest BCUT2D eigenvalue weighted by molar-refractivity contribution is 8.00. The average molecular weight is 409 g/mol. The summed E-state index contributed by atoms with van der Waals surface area (Å²) >= 11 is 13.2. The van der Waals surface area contributed by atoms with Gasteiger partial charge in [0.25, 0.3) is 5.56 Å². The quantitative estimate of drug-likeness (QED) is 0.468. The van der Waals surface area contributed by atoms with E-state index in [9.17, 15) is 9.59 Å². The predicted octanol–water partition coefficient (Wildman–Crippen LogP) is 4.15. The fourth-order valence-corrected chi connectivity index (χ4v) is 3.54. The van der Waals surface area contributed by atoms with Crippen molar-refractivity contribution < 1.29 is 9.53 Å². The molecule has 134 valence electrons. The second-order valence-corrected chi connectivity index (χ2v) is 7.41. The Hall–Kier alpha value is -2.02. The Morgan fingerprint density at radius 3 is 2.85 bits per heavy atom. The number of nitrogens with zero attached hydrogens (tertiary/aromatic N) is 2. The molecule has 0 atom stereocenters. The van der Waals surface area contributed by atoms with E-state index < -0.39 is 5.97 Å². The van der Waals surface area contributed by atoms with Crippen LogP contribution in [0.2, 0.25) is 10.0 Å². The summed E-state index contributed by atoms with van der Waals surface area (Å²) in [5.74, 6) is -0.358. The normalized spacial score (nSPS) is 10.9. The third kappa shape index (κ3) is 4.58. The van der Waals surface area contributed by atoms with Crippen LogP contribution in [0.4, 0.5) is 0 Å². The number of hydrogen-bond acceptors (Lipinski definition) is 5. The van der Waals surface area contributed by atoms with Gasteiger partial charge in [0, 0.05) is 22.2 Å². The summed E-state index contributed by atoms with van der Waals surface area (Å²) in [4.78, 5) is 29.1. The molecule has 2 heterocycles. The van der Waals surface area contributed by atoms with Gasteiger partial charge in [-0.05, 0) is 36.8 Å². The number of aryl methyl sites for hydroxylation is 1. The van der Waals surface area contributed by atoms with Crippen LogP contribution in [0.3, 0.4) is 0 Å². The molecule has 0 N–H and O–H groups in total. The zero-order valence-corrected chi connectivity index (χ0v) is 16.1. The van der Waals surface area contributed by atoms with Gasteiger partial charge in [0.2, 0.25) is 0 Å². The van der Waals surface area contributed by atoms with Gasteiger partial charge in [-0.2, -0.15) is 0 Å². The summed E-state index contributed by atoms with van der Waals surface area (Å²) in [5, 5.41) is 1.06. The molecule has 0 saturated heterocycles. The van der Waals surface area contributed by atoms with Gasteiger partial charge in [-0.15, -0.1) is 11.8 Å². The van der Waals surface area contributed by atoms with E-state index in [0.29, 0.717) is 26.3 Å². The molecule has 3 rings (SSSR count). The molecule has 0 bridgehead atoms. The van der Waals surface area contributed by atoms with Crippen molar-refractivity contribution in [2.75, 3.05) is 5.75 Å². The Balaban J connectivity index is 1.62. The number of fused-ring (bicyclic) bond motifs is 1. The monoisotopic (exact) mass is 408 g/mol. The zero-order chi connectivity index (χ0) is 18.7. The first-order valence-electron chi connectivity index (χ1n) is 7.65. The van der Waals surface area contributed by atoms with Gasteiger partial charge in [-0.25, -0.2) is 4.98 Å². The van der Waals surface area contributed by atoms with Crippen molar-refractivity contribution in [3.8, 4) is 0 Å². The topological polar surface area (TPSA) is 60.7 Å². The van der Waals surface area contributed by atoms with Crippen molar-refractivity contribution in [2.45, 2.75) is 18.4 Å². The standard InChI is InChI=1S/C18H14Cl2N2O3S/c1-11-2-5-16-21-13(7-17(23)22(16)8-11)9-25-18(24)10-26-15-6-12(19)3-4-14(15)20/h2-8H,9-10H2,1H3. The summed E-state index contributed by atoms with van der Waals surface area (Å²) in [6.45, 7) is 1.83. The minimum Gasteiger partial charge on any atom is -0.459 e. The smallest absolute Gasteiger partial charge is 0.316 e. The van der Waals surface area contributed by atoms with Crippen LogP contribution in [-0.4, -0.2) is 21.1 Å². The van der Waals surface area contributed by atoms with E-state index in [2.05, 4.69) is 4.98 Å². The van der Waals surface area contributed by atoms with E-state index in [1.54, 1.807) is 30.5 Å². The molecular weight excluding hydrogens is 395 g/mol. The third-order valence-electron chi connectivity index (χ3n) is 3.48. The number of benzene rings is 1. The highest BCUT2D eigenvalue weighted by Crippen LogP contribution is 2.29. The van der Waals surface area contributed by atoms with Crippen LogP contribution in [0.5, 0.6) is 0 Å². The second kappa shape index (κ2) is 8.12. The van der Waals surface area contributed by atoms with Gasteiger partial charge in [0.05, 0.1) is 16.5 Å². The molecule has 0 aliphatic rings. The fourth-order valence-electron chi connectivity index (χ4n) is 2.25. The number of aromatic nitrogens is 2. The van der Waals surface area contributed by atoms with Crippen LogP contribution < -0.4 is 5.56 Å². The van der Waals surface area contributed by atoms with Gasteiger partial charge in [-0.3, -0.25) is 14.0 Å². The van der Waals surface area contributed by atoms with E-state index in [0.717, 1.165) is 5.56 Å². The van der Waals surface area contributed by atoms with Crippen LogP contribution in [0.1, 0.15) is 11.3 Å². The predicted molar refractivity (Wildman–Crippen MR) is 103 cm³/mol. The summed E-state index contributed by atoms with van der Waals surface area (Å²) in [7, 11) is 0. The molecule has 26 heavy (non-hydrogen) atoms. The van der Waals surface area contributed by atoms with Crippen molar-refractivity contribution in [3.63, 3.8) is 0 Å². The summed E-state index contributed by atoms with van der Waals surface area (Å²) in [5.41, 5.74) is 1.65. The Bertz CT molecular complexity index is 1040. The van der Waals surface area contributed by atoms with Gasteiger partial charge in [0.15, 0.2) is 0 Å². The minimum atomic E-state index is -0.433. The first-order valence-corrected chi connectivity index (χ1v) is 9.39. The van der Waals surface area contributed by atoms with E-state index in [1.165, 1.54) is 22.2 Å². The number of thioether (sulfide) groups is 1. The molecular formula is C18H14Cl2N2O3S. The number of ether oxygens (including phenoxy) is 1. The van der Waals surface area contributed by atoms with Crippen LogP contribution in [0.15, 0.2) is 52.3 Å². The number of rotatable bonds is 5. The van der Waals surface area contributed by atoms with Crippen molar-refractivity contribution in [1.29, 1.82) is 0 Å². The first-order chi connectivity index (χ1) is 12.4. The molecule has 0 aliphatic heterocycles. The number of hydrogen-bond donors (Lipinski definition) is 0.